The first kappa shape index (κ1) is 9.17. The normalized spacial score (nSPS) is 8.83. The Morgan fingerprint density at radius 1 is 1.42 bits per heavy atom. The lowest BCUT2D eigenvalue weighted by molar-refractivity contribution is 1.03. The third-order valence-electron chi connectivity index (χ3n) is 1.09. The molecule has 0 aliphatic heterocycles. The number of hydrogen-bond acceptors (Lipinski definition) is 3. The van der Waals surface area contributed by atoms with Gasteiger partial charge in [-0.2, -0.15) is 0 Å². The molecular formula is C8H8BrN3. The van der Waals surface area contributed by atoms with Crippen molar-refractivity contribution in [2.24, 2.45) is 5.73 Å². The van der Waals surface area contributed by atoms with Gasteiger partial charge in [0.2, 0.25) is 5.82 Å². The van der Waals surface area contributed by atoms with E-state index in [9.17, 15) is 0 Å². The summed E-state index contributed by atoms with van der Waals surface area (Å²) in [5, 5.41) is 0. The van der Waals surface area contributed by atoms with Gasteiger partial charge < -0.3 is 5.73 Å². The molecule has 4 heteroatoms. The van der Waals surface area contributed by atoms with Crippen LogP contribution in [-0.2, 0) is 0 Å². The number of halogens is 1. The molecular weight excluding hydrogens is 218 g/mol. The van der Waals surface area contributed by atoms with Crippen molar-refractivity contribution in [2.45, 2.75) is 6.42 Å². The van der Waals surface area contributed by atoms with Crippen LogP contribution in [0.2, 0.25) is 0 Å². The topological polar surface area (TPSA) is 51.8 Å². The van der Waals surface area contributed by atoms with Crippen molar-refractivity contribution in [1.29, 1.82) is 0 Å². The molecule has 62 valence electrons. The molecule has 0 saturated heterocycles. The molecule has 0 radical (unpaired) electrons. The molecule has 0 saturated carbocycles. The summed E-state index contributed by atoms with van der Waals surface area (Å²) >= 11 is 3.23. The molecule has 1 aromatic rings. The third-order valence-corrected chi connectivity index (χ3v) is 1.50. The predicted octanol–water partition coefficient (Wildman–Crippen LogP) is 0.939. The maximum atomic E-state index is 5.27. The van der Waals surface area contributed by atoms with Crippen LogP contribution in [0.1, 0.15) is 12.2 Å². The molecule has 0 aromatic carbocycles. The Hall–Kier alpha value is -0.920. The summed E-state index contributed by atoms with van der Waals surface area (Å²) in [6.07, 6.45) is 4.01. The zero-order valence-corrected chi connectivity index (χ0v) is 8.00. The van der Waals surface area contributed by atoms with Crippen LogP contribution in [0.5, 0.6) is 0 Å². The Morgan fingerprint density at radius 3 is 2.67 bits per heavy atom. The van der Waals surface area contributed by atoms with E-state index in [4.69, 9.17) is 5.73 Å². The Bertz CT molecular complexity index is 296. The minimum atomic E-state index is 0.534. The lowest BCUT2D eigenvalue weighted by Crippen LogP contribution is -1.95. The number of aromatic nitrogens is 2. The van der Waals surface area contributed by atoms with Crippen LogP contribution >= 0.6 is 15.9 Å². The predicted molar refractivity (Wildman–Crippen MR) is 50.3 cm³/mol. The monoisotopic (exact) mass is 225 g/mol. The van der Waals surface area contributed by atoms with E-state index in [2.05, 4.69) is 37.7 Å². The smallest absolute Gasteiger partial charge is 0.204 e. The van der Waals surface area contributed by atoms with Crippen LogP contribution in [0, 0.1) is 11.8 Å². The van der Waals surface area contributed by atoms with Gasteiger partial charge in [-0.3, -0.25) is 0 Å². The molecule has 1 heterocycles. The molecule has 1 aromatic heterocycles. The molecule has 3 nitrogen and oxygen atoms in total. The molecule has 0 aliphatic rings. The van der Waals surface area contributed by atoms with Gasteiger partial charge in [-0.05, 0) is 21.9 Å². The van der Waals surface area contributed by atoms with E-state index in [0.717, 1.165) is 4.47 Å². The summed E-state index contributed by atoms with van der Waals surface area (Å²) < 4.78 is 0.854. The van der Waals surface area contributed by atoms with Crippen LogP contribution in [0.4, 0.5) is 0 Å². The van der Waals surface area contributed by atoms with Gasteiger partial charge in [0.25, 0.3) is 0 Å². The average Bonchev–Trinajstić information content (AvgIpc) is 2.09. The Morgan fingerprint density at radius 2 is 2.08 bits per heavy atom. The highest BCUT2D eigenvalue weighted by molar-refractivity contribution is 9.10. The lowest BCUT2D eigenvalue weighted by Gasteiger charge is -1.88. The fourth-order valence-corrected chi connectivity index (χ4v) is 0.795. The maximum Gasteiger partial charge on any atom is 0.204 e. The van der Waals surface area contributed by atoms with Crippen molar-refractivity contribution in [3.8, 4) is 11.8 Å². The zero-order chi connectivity index (χ0) is 8.81. The van der Waals surface area contributed by atoms with Crippen molar-refractivity contribution in [3.05, 3.63) is 22.7 Å². The molecule has 0 atom stereocenters. The molecule has 0 fully saturated rings. The van der Waals surface area contributed by atoms with E-state index < -0.39 is 0 Å². The van der Waals surface area contributed by atoms with Gasteiger partial charge in [0.1, 0.15) is 0 Å². The minimum Gasteiger partial charge on any atom is -0.330 e. The van der Waals surface area contributed by atoms with Crippen molar-refractivity contribution < 1.29 is 0 Å². The van der Waals surface area contributed by atoms with Crippen LogP contribution in [0.3, 0.4) is 0 Å². The summed E-state index contributed by atoms with van der Waals surface area (Å²) in [7, 11) is 0. The zero-order valence-electron chi connectivity index (χ0n) is 6.42. The number of hydrogen-bond donors (Lipinski definition) is 1. The number of nitrogens with zero attached hydrogens (tertiary/aromatic N) is 2. The standard InChI is InChI=1S/C8H8BrN3/c9-7-5-11-8(12-6-7)3-1-2-4-10/h5-6H,2,4,10H2. The summed E-state index contributed by atoms with van der Waals surface area (Å²) in [6.45, 7) is 0.573. The van der Waals surface area contributed by atoms with Crippen molar-refractivity contribution >= 4 is 15.9 Å². The van der Waals surface area contributed by atoms with Crippen LogP contribution in [0.25, 0.3) is 0 Å². The maximum absolute atomic E-state index is 5.27. The summed E-state index contributed by atoms with van der Waals surface area (Å²) in [6, 6.07) is 0. The first-order chi connectivity index (χ1) is 5.83. The molecule has 12 heavy (non-hydrogen) atoms. The molecule has 1 rings (SSSR count). The van der Waals surface area contributed by atoms with Gasteiger partial charge in [0.05, 0.1) is 4.47 Å². The SMILES string of the molecule is NCCC#Cc1ncc(Br)cn1. The van der Waals surface area contributed by atoms with Gasteiger partial charge in [-0.1, -0.05) is 5.92 Å². The molecule has 0 amide bonds. The highest BCUT2D eigenvalue weighted by Gasteiger charge is 1.88. The van der Waals surface area contributed by atoms with E-state index in [0.29, 0.717) is 18.8 Å². The van der Waals surface area contributed by atoms with E-state index in [1.54, 1.807) is 12.4 Å². The van der Waals surface area contributed by atoms with Gasteiger partial charge in [0, 0.05) is 25.4 Å². The first-order valence-electron chi connectivity index (χ1n) is 3.49. The first-order valence-corrected chi connectivity index (χ1v) is 4.28. The molecule has 0 unspecified atom stereocenters. The van der Waals surface area contributed by atoms with Crippen LogP contribution in [0.15, 0.2) is 16.9 Å². The van der Waals surface area contributed by atoms with E-state index in [-0.39, 0.29) is 0 Å². The molecule has 2 N–H and O–H groups in total. The van der Waals surface area contributed by atoms with Crippen molar-refractivity contribution in [2.75, 3.05) is 6.54 Å². The summed E-state index contributed by atoms with van der Waals surface area (Å²) in [5.41, 5.74) is 5.27. The molecule has 0 aliphatic carbocycles. The molecule has 0 spiro atoms. The van der Waals surface area contributed by atoms with Gasteiger partial charge in [-0.25, -0.2) is 9.97 Å². The van der Waals surface area contributed by atoms with Gasteiger partial charge >= 0.3 is 0 Å². The second-order valence-electron chi connectivity index (χ2n) is 2.07. The highest BCUT2D eigenvalue weighted by Crippen LogP contribution is 2.03. The Kier molecular flexibility index (Phi) is 3.71. The van der Waals surface area contributed by atoms with E-state index in [1.165, 1.54) is 0 Å². The van der Waals surface area contributed by atoms with Crippen molar-refractivity contribution in [3.63, 3.8) is 0 Å². The van der Waals surface area contributed by atoms with E-state index in [1.807, 2.05) is 0 Å². The minimum absolute atomic E-state index is 0.534. The lowest BCUT2D eigenvalue weighted by atomic mass is 10.4. The average molecular weight is 226 g/mol. The summed E-state index contributed by atoms with van der Waals surface area (Å²) in [5.74, 6) is 6.19. The van der Waals surface area contributed by atoms with Crippen LogP contribution in [-0.4, -0.2) is 16.5 Å². The highest BCUT2D eigenvalue weighted by atomic mass is 79.9. The number of rotatable bonds is 1. The second-order valence-corrected chi connectivity index (χ2v) is 2.98. The Balaban J connectivity index is 2.66. The largest absolute Gasteiger partial charge is 0.330 e. The fourth-order valence-electron chi connectivity index (χ4n) is 0.591. The number of nitrogens with two attached hydrogens (primary N) is 1. The third kappa shape index (κ3) is 2.99. The van der Waals surface area contributed by atoms with Gasteiger partial charge in [-0.15, -0.1) is 0 Å². The second kappa shape index (κ2) is 4.86. The van der Waals surface area contributed by atoms with E-state index >= 15 is 0 Å². The quantitative estimate of drug-likeness (QED) is 0.725. The van der Waals surface area contributed by atoms with Gasteiger partial charge in [0.15, 0.2) is 0 Å². The summed E-state index contributed by atoms with van der Waals surface area (Å²) in [4.78, 5) is 7.96. The molecule has 0 bridgehead atoms. The van der Waals surface area contributed by atoms with Crippen LogP contribution < -0.4 is 5.73 Å². The van der Waals surface area contributed by atoms with Crippen molar-refractivity contribution in [1.82, 2.24) is 9.97 Å². The fraction of sp³-hybridized carbons (Fsp3) is 0.250. The Labute approximate surface area is 79.5 Å².